The molecule has 2 rings (SSSR count). The van der Waals surface area contributed by atoms with Crippen molar-refractivity contribution in [3.05, 3.63) is 41.8 Å². The van der Waals surface area contributed by atoms with E-state index in [2.05, 4.69) is 4.98 Å². The van der Waals surface area contributed by atoms with Gasteiger partial charge in [-0.2, -0.15) is 0 Å². The van der Waals surface area contributed by atoms with Crippen molar-refractivity contribution in [2.75, 3.05) is 7.11 Å². The van der Waals surface area contributed by atoms with Gasteiger partial charge in [-0.25, -0.2) is 4.98 Å². The largest absolute Gasteiger partial charge is 0.496 e. The molecule has 0 saturated carbocycles. The third-order valence-electron chi connectivity index (χ3n) is 2.34. The average Bonchev–Trinajstić information content (AvgIpc) is 2.89. The molecule has 0 amide bonds. The van der Waals surface area contributed by atoms with Crippen molar-refractivity contribution in [3.8, 4) is 5.75 Å². The van der Waals surface area contributed by atoms with Crippen LogP contribution in [0.2, 0.25) is 0 Å². The number of nitrogens with zero attached hydrogens (tertiary/aromatic N) is 1. The Hall–Kier alpha value is -1.46. The van der Waals surface area contributed by atoms with Gasteiger partial charge >= 0.3 is 0 Å². The SMILES string of the molecule is COc1cc(CSc2ncco2)ccc1CN. The lowest BCUT2D eigenvalue weighted by Gasteiger charge is -2.08. The van der Waals surface area contributed by atoms with E-state index >= 15 is 0 Å². The molecule has 1 aromatic carbocycles. The normalized spacial score (nSPS) is 10.5. The predicted molar refractivity (Wildman–Crippen MR) is 66.9 cm³/mol. The van der Waals surface area contributed by atoms with Crippen LogP contribution in [0.15, 0.2) is 40.3 Å². The first kappa shape index (κ1) is 12.0. The molecule has 0 atom stereocenters. The Kier molecular flexibility index (Phi) is 4.06. The lowest BCUT2D eigenvalue weighted by molar-refractivity contribution is 0.409. The molecule has 0 saturated heterocycles. The van der Waals surface area contributed by atoms with Crippen molar-refractivity contribution in [2.45, 2.75) is 17.5 Å². The first-order chi connectivity index (χ1) is 8.33. The van der Waals surface area contributed by atoms with Crippen LogP contribution in [0.1, 0.15) is 11.1 Å². The van der Waals surface area contributed by atoms with E-state index in [1.165, 1.54) is 0 Å². The van der Waals surface area contributed by atoms with Gasteiger partial charge in [-0.1, -0.05) is 23.9 Å². The number of rotatable bonds is 5. The molecular formula is C12H14N2O2S. The molecule has 17 heavy (non-hydrogen) atoms. The van der Waals surface area contributed by atoms with E-state index in [4.69, 9.17) is 14.9 Å². The second-order valence-corrected chi connectivity index (χ2v) is 4.36. The molecule has 90 valence electrons. The summed E-state index contributed by atoms with van der Waals surface area (Å²) >= 11 is 1.55. The summed E-state index contributed by atoms with van der Waals surface area (Å²) in [5.74, 6) is 1.62. The Labute approximate surface area is 104 Å². The predicted octanol–water partition coefficient (Wildman–Crippen LogP) is 2.43. The summed E-state index contributed by atoms with van der Waals surface area (Å²) in [6, 6.07) is 6.03. The molecule has 0 aliphatic rings. The molecule has 0 radical (unpaired) electrons. The Morgan fingerprint density at radius 3 is 3.00 bits per heavy atom. The second-order valence-electron chi connectivity index (χ2n) is 3.44. The van der Waals surface area contributed by atoms with Crippen molar-refractivity contribution in [3.63, 3.8) is 0 Å². The van der Waals surface area contributed by atoms with Gasteiger partial charge in [0.2, 0.25) is 0 Å². The molecule has 0 fully saturated rings. The van der Waals surface area contributed by atoms with Crippen LogP contribution in [0.25, 0.3) is 0 Å². The van der Waals surface area contributed by atoms with Gasteiger partial charge in [-0.05, 0) is 11.6 Å². The van der Waals surface area contributed by atoms with Crippen molar-refractivity contribution in [1.82, 2.24) is 4.98 Å². The number of oxazole rings is 1. The highest BCUT2D eigenvalue weighted by atomic mass is 32.2. The molecule has 0 bridgehead atoms. The van der Waals surface area contributed by atoms with Gasteiger partial charge in [0.05, 0.1) is 13.3 Å². The van der Waals surface area contributed by atoms with Crippen LogP contribution >= 0.6 is 11.8 Å². The van der Waals surface area contributed by atoms with Gasteiger partial charge in [-0.3, -0.25) is 0 Å². The smallest absolute Gasteiger partial charge is 0.255 e. The lowest BCUT2D eigenvalue weighted by atomic mass is 10.1. The van der Waals surface area contributed by atoms with Gasteiger partial charge < -0.3 is 14.9 Å². The van der Waals surface area contributed by atoms with E-state index in [-0.39, 0.29) is 0 Å². The Morgan fingerprint density at radius 2 is 2.35 bits per heavy atom. The third kappa shape index (κ3) is 3.01. The van der Waals surface area contributed by atoms with Gasteiger partial charge in [0.15, 0.2) is 0 Å². The van der Waals surface area contributed by atoms with Crippen LogP contribution in [0, 0.1) is 0 Å². The van der Waals surface area contributed by atoms with Gasteiger partial charge in [0.25, 0.3) is 5.22 Å². The molecule has 2 N–H and O–H groups in total. The summed E-state index contributed by atoms with van der Waals surface area (Å²) in [4.78, 5) is 4.05. The maximum absolute atomic E-state index is 5.62. The molecule has 2 aromatic rings. The monoisotopic (exact) mass is 250 g/mol. The maximum Gasteiger partial charge on any atom is 0.255 e. The van der Waals surface area contributed by atoms with Crippen LogP contribution in [0.5, 0.6) is 5.75 Å². The number of hydrogen-bond donors (Lipinski definition) is 1. The highest BCUT2D eigenvalue weighted by molar-refractivity contribution is 7.98. The first-order valence-corrected chi connectivity index (χ1v) is 6.20. The molecule has 4 nitrogen and oxygen atoms in total. The molecule has 1 heterocycles. The molecule has 5 heteroatoms. The van der Waals surface area contributed by atoms with E-state index in [0.717, 1.165) is 22.6 Å². The van der Waals surface area contributed by atoms with Crippen LogP contribution in [0.3, 0.4) is 0 Å². The van der Waals surface area contributed by atoms with E-state index < -0.39 is 0 Å². The summed E-state index contributed by atoms with van der Waals surface area (Å²) in [6.07, 6.45) is 3.21. The Balaban J connectivity index is 2.06. The standard InChI is InChI=1S/C12H14N2O2S/c1-15-11-6-9(2-3-10(11)7-13)8-17-12-14-4-5-16-12/h2-6H,7-8,13H2,1H3. The maximum atomic E-state index is 5.62. The molecule has 1 aromatic heterocycles. The minimum atomic E-state index is 0.482. The average molecular weight is 250 g/mol. The highest BCUT2D eigenvalue weighted by Gasteiger charge is 2.05. The minimum Gasteiger partial charge on any atom is -0.496 e. The van der Waals surface area contributed by atoms with E-state index in [1.807, 2.05) is 18.2 Å². The van der Waals surface area contributed by atoms with Crippen molar-refractivity contribution >= 4 is 11.8 Å². The number of benzene rings is 1. The van der Waals surface area contributed by atoms with Crippen molar-refractivity contribution in [2.24, 2.45) is 5.73 Å². The number of thioether (sulfide) groups is 1. The fourth-order valence-electron chi connectivity index (χ4n) is 1.47. The topological polar surface area (TPSA) is 61.3 Å². The van der Waals surface area contributed by atoms with Gasteiger partial charge in [0, 0.05) is 17.9 Å². The zero-order valence-corrected chi connectivity index (χ0v) is 10.4. The third-order valence-corrected chi connectivity index (χ3v) is 3.27. The number of aromatic nitrogens is 1. The number of methoxy groups -OCH3 is 1. The molecule has 0 aliphatic heterocycles. The molecular weight excluding hydrogens is 236 g/mol. The van der Waals surface area contributed by atoms with Gasteiger partial charge in [0.1, 0.15) is 12.0 Å². The van der Waals surface area contributed by atoms with E-state index in [9.17, 15) is 0 Å². The first-order valence-electron chi connectivity index (χ1n) is 5.21. The second kappa shape index (κ2) is 5.75. The number of nitrogens with two attached hydrogens (primary N) is 1. The van der Waals surface area contributed by atoms with Gasteiger partial charge in [-0.15, -0.1) is 0 Å². The quantitative estimate of drug-likeness (QED) is 0.826. The summed E-state index contributed by atoms with van der Waals surface area (Å²) in [5.41, 5.74) is 7.78. The molecule has 0 unspecified atom stereocenters. The number of hydrogen-bond acceptors (Lipinski definition) is 5. The summed E-state index contributed by atoms with van der Waals surface area (Å²) in [7, 11) is 1.65. The Bertz CT molecular complexity index is 471. The van der Waals surface area contributed by atoms with E-state index in [1.54, 1.807) is 31.3 Å². The Morgan fingerprint density at radius 1 is 1.47 bits per heavy atom. The summed E-state index contributed by atoms with van der Waals surface area (Å²) < 4.78 is 10.4. The van der Waals surface area contributed by atoms with Crippen molar-refractivity contribution in [1.29, 1.82) is 0 Å². The molecule has 0 spiro atoms. The summed E-state index contributed by atoms with van der Waals surface area (Å²) in [6.45, 7) is 0.482. The van der Waals surface area contributed by atoms with E-state index in [0.29, 0.717) is 11.8 Å². The fourth-order valence-corrected chi connectivity index (χ4v) is 2.20. The van der Waals surface area contributed by atoms with Crippen LogP contribution in [-0.2, 0) is 12.3 Å². The molecule has 0 aliphatic carbocycles. The summed E-state index contributed by atoms with van der Waals surface area (Å²) in [5, 5.41) is 0.673. The highest BCUT2D eigenvalue weighted by Crippen LogP contribution is 2.25. The zero-order valence-electron chi connectivity index (χ0n) is 9.55. The number of ether oxygens (including phenoxy) is 1. The van der Waals surface area contributed by atoms with Crippen LogP contribution < -0.4 is 10.5 Å². The van der Waals surface area contributed by atoms with Crippen molar-refractivity contribution < 1.29 is 9.15 Å². The van der Waals surface area contributed by atoms with Crippen LogP contribution in [-0.4, -0.2) is 12.1 Å². The zero-order chi connectivity index (χ0) is 12.1. The van der Waals surface area contributed by atoms with Crippen LogP contribution in [0.4, 0.5) is 0 Å². The lowest BCUT2D eigenvalue weighted by Crippen LogP contribution is -2.00. The fraction of sp³-hybridized carbons (Fsp3) is 0.250. The minimum absolute atomic E-state index is 0.482.